The average molecular weight is 210 g/mol. The van der Waals surface area contributed by atoms with Crippen molar-refractivity contribution < 1.29 is 4.74 Å². The van der Waals surface area contributed by atoms with Crippen molar-refractivity contribution in [1.82, 2.24) is 0 Å². The Bertz CT molecular complexity index is 375. The second-order valence-electron chi connectivity index (χ2n) is 3.48. The second kappa shape index (κ2) is 3.62. The molecule has 1 aliphatic rings. The molecule has 0 amide bonds. The summed E-state index contributed by atoms with van der Waals surface area (Å²) in [5.74, 6) is 0.818. The zero-order chi connectivity index (χ0) is 10.1. The summed E-state index contributed by atoms with van der Waals surface area (Å²) in [4.78, 5) is 4.36. The van der Waals surface area contributed by atoms with Gasteiger partial charge in [-0.05, 0) is 26.0 Å². The summed E-state index contributed by atoms with van der Waals surface area (Å²) < 4.78 is 5.74. The lowest BCUT2D eigenvalue weighted by Crippen LogP contribution is -2.23. The van der Waals surface area contributed by atoms with Gasteiger partial charge in [-0.2, -0.15) is 0 Å². The zero-order valence-corrected chi connectivity index (χ0v) is 8.95. The van der Waals surface area contributed by atoms with Crippen LogP contribution >= 0.6 is 11.6 Å². The molecule has 2 nitrogen and oxygen atoms in total. The van der Waals surface area contributed by atoms with Crippen molar-refractivity contribution in [2.75, 3.05) is 0 Å². The summed E-state index contributed by atoms with van der Waals surface area (Å²) >= 11 is 6.08. The van der Waals surface area contributed by atoms with Crippen molar-refractivity contribution in [2.45, 2.75) is 26.0 Å². The first-order chi connectivity index (χ1) is 6.68. The minimum absolute atomic E-state index is 0.0624. The van der Waals surface area contributed by atoms with E-state index >= 15 is 0 Å². The summed E-state index contributed by atoms with van der Waals surface area (Å²) in [7, 11) is 0. The lowest BCUT2D eigenvalue weighted by atomic mass is 10.2. The van der Waals surface area contributed by atoms with Crippen LogP contribution in [0, 0.1) is 0 Å². The van der Waals surface area contributed by atoms with Gasteiger partial charge >= 0.3 is 0 Å². The smallest absolute Gasteiger partial charge is 0.135 e. The third-order valence-electron chi connectivity index (χ3n) is 2.42. The molecule has 14 heavy (non-hydrogen) atoms. The summed E-state index contributed by atoms with van der Waals surface area (Å²) in [5, 5.41) is 0.539. The molecule has 3 heteroatoms. The fourth-order valence-electron chi connectivity index (χ4n) is 1.39. The Hall–Kier alpha value is -1.02. The van der Waals surface area contributed by atoms with Crippen molar-refractivity contribution in [3.05, 3.63) is 29.8 Å². The summed E-state index contributed by atoms with van der Waals surface area (Å²) in [5.41, 5.74) is 0.880. The molecule has 0 aliphatic carbocycles. The van der Waals surface area contributed by atoms with Crippen molar-refractivity contribution in [1.29, 1.82) is 0 Å². The van der Waals surface area contributed by atoms with E-state index in [1.54, 1.807) is 0 Å². The van der Waals surface area contributed by atoms with Gasteiger partial charge in [-0.1, -0.05) is 23.7 Å². The molecule has 1 aromatic carbocycles. The number of aliphatic imine (C=N–C) groups is 1. The molecule has 2 rings (SSSR count). The highest BCUT2D eigenvalue weighted by Gasteiger charge is 2.20. The summed E-state index contributed by atoms with van der Waals surface area (Å²) in [6.07, 6.45) is 0.0624. The van der Waals surface area contributed by atoms with Crippen LogP contribution in [0.5, 0.6) is 5.75 Å². The predicted molar refractivity (Wildman–Crippen MR) is 58.4 cm³/mol. The number of rotatable bonds is 0. The van der Waals surface area contributed by atoms with Crippen molar-refractivity contribution in [3.8, 4) is 5.75 Å². The minimum atomic E-state index is 0.0624. The number of hydrogen-bond acceptors (Lipinski definition) is 2. The topological polar surface area (TPSA) is 21.6 Å². The largest absolute Gasteiger partial charge is 0.488 e. The molecule has 2 atom stereocenters. The van der Waals surface area contributed by atoms with Crippen LogP contribution in [0.2, 0.25) is 0 Å². The number of nitrogens with zero attached hydrogens (tertiary/aromatic N) is 1. The molecule has 1 aliphatic heterocycles. The SMILES string of the molecule is CC1N=C(Cl)c2ccccc2OC1C. The number of fused-ring (bicyclic) bond motifs is 1. The standard InChI is InChI=1S/C11H12ClNO/c1-7-8(2)14-10-6-4-3-5-9(10)11(12)13-7/h3-8H,1-2H3. The molecular formula is C11H12ClNO. The van der Waals surface area contributed by atoms with Crippen LogP contribution in [-0.4, -0.2) is 17.3 Å². The van der Waals surface area contributed by atoms with E-state index in [0.29, 0.717) is 5.17 Å². The van der Waals surface area contributed by atoms with E-state index in [0.717, 1.165) is 11.3 Å². The number of halogens is 1. The van der Waals surface area contributed by atoms with Gasteiger partial charge in [-0.3, -0.25) is 4.99 Å². The molecule has 0 fully saturated rings. The fourth-order valence-corrected chi connectivity index (χ4v) is 1.70. The first-order valence-electron chi connectivity index (χ1n) is 4.68. The highest BCUT2D eigenvalue weighted by atomic mass is 35.5. The van der Waals surface area contributed by atoms with Gasteiger partial charge in [0.2, 0.25) is 0 Å². The normalized spacial score (nSPS) is 25.8. The summed E-state index contributed by atoms with van der Waals surface area (Å²) in [6.45, 7) is 4.00. The first-order valence-corrected chi connectivity index (χ1v) is 5.05. The number of para-hydroxylation sites is 1. The molecule has 0 N–H and O–H groups in total. The molecular weight excluding hydrogens is 198 g/mol. The molecule has 0 aromatic heterocycles. The van der Waals surface area contributed by atoms with Gasteiger partial charge in [0, 0.05) is 0 Å². The molecule has 74 valence electrons. The molecule has 2 unspecified atom stereocenters. The third kappa shape index (κ3) is 1.62. The number of hydrogen-bond donors (Lipinski definition) is 0. The van der Waals surface area contributed by atoms with Gasteiger partial charge in [0.05, 0.1) is 11.6 Å². The molecule has 0 radical (unpaired) electrons. The highest BCUT2D eigenvalue weighted by molar-refractivity contribution is 6.70. The first kappa shape index (κ1) is 9.53. The third-order valence-corrected chi connectivity index (χ3v) is 2.72. The van der Waals surface area contributed by atoms with Crippen LogP contribution in [0.3, 0.4) is 0 Å². The van der Waals surface area contributed by atoms with Gasteiger partial charge in [-0.25, -0.2) is 0 Å². The van der Waals surface area contributed by atoms with Crippen LogP contribution < -0.4 is 4.74 Å². The molecule has 1 heterocycles. The summed E-state index contributed by atoms with van der Waals surface area (Å²) in [6, 6.07) is 7.80. The van der Waals surface area contributed by atoms with E-state index in [-0.39, 0.29) is 12.1 Å². The van der Waals surface area contributed by atoms with Crippen LogP contribution in [0.1, 0.15) is 19.4 Å². The lowest BCUT2D eigenvalue weighted by molar-refractivity contribution is 0.200. The fraction of sp³-hybridized carbons (Fsp3) is 0.364. The predicted octanol–water partition coefficient (Wildman–Crippen LogP) is 2.84. The molecule has 0 saturated carbocycles. The van der Waals surface area contributed by atoms with E-state index in [2.05, 4.69) is 4.99 Å². The van der Waals surface area contributed by atoms with Gasteiger partial charge in [0.15, 0.2) is 0 Å². The average Bonchev–Trinajstić information content (AvgIpc) is 2.27. The van der Waals surface area contributed by atoms with E-state index in [9.17, 15) is 0 Å². The molecule has 1 aromatic rings. The van der Waals surface area contributed by atoms with Crippen LogP contribution in [0.4, 0.5) is 0 Å². The van der Waals surface area contributed by atoms with Gasteiger partial charge in [0.1, 0.15) is 17.0 Å². The van der Waals surface area contributed by atoms with Gasteiger partial charge in [0.25, 0.3) is 0 Å². The molecule has 0 bridgehead atoms. The number of benzene rings is 1. The van der Waals surface area contributed by atoms with Crippen LogP contribution in [0.15, 0.2) is 29.3 Å². The lowest BCUT2D eigenvalue weighted by Gasteiger charge is -2.15. The highest BCUT2D eigenvalue weighted by Crippen LogP contribution is 2.26. The maximum atomic E-state index is 6.08. The van der Waals surface area contributed by atoms with Gasteiger partial charge in [-0.15, -0.1) is 0 Å². The Balaban J connectivity index is 2.50. The van der Waals surface area contributed by atoms with E-state index in [1.807, 2.05) is 38.1 Å². The van der Waals surface area contributed by atoms with E-state index in [1.165, 1.54) is 0 Å². The van der Waals surface area contributed by atoms with Crippen molar-refractivity contribution >= 4 is 16.8 Å². The van der Waals surface area contributed by atoms with E-state index in [4.69, 9.17) is 16.3 Å². The van der Waals surface area contributed by atoms with Crippen LogP contribution in [-0.2, 0) is 0 Å². The number of ether oxygens (including phenoxy) is 1. The van der Waals surface area contributed by atoms with Gasteiger partial charge < -0.3 is 4.74 Å². The van der Waals surface area contributed by atoms with Crippen molar-refractivity contribution in [2.24, 2.45) is 4.99 Å². The molecule has 0 spiro atoms. The molecule has 0 saturated heterocycles. The maximum Gasteiger partial charge on any atom is 0.135 e. The Morgan fingerprint density at radius 1 is 1.29 bits per heavy atom. The monoisotopic (exact) mass is 209 g/mol. The van der Waals surface area contributed by atoms with Crippen molar-refractivity contribution in [3.63, 3.8) is 0 Å². The Labute approximate surface area is 88.6 Å². The maximum absolute atomic E-state index is 6.08. The minimum Gasteiger partial charge on any atom is -0.488 e. The van der Waals surface area contributed by atoms with E-state index < -0.39 is 0 Å². The Morgan fingerprint density at radius 2 is 2.00 bits per heavy atom. The van der Waals surface area contributed by atoms with Crippen LogP contribution in [0.25, 0.3) is 0 Å². The second-order valence-corrected chi connectivity index (χ2v) is 3.84. The quantitative estimate of drug-likeness (QED) is 0.644. The Morgan fingerprint density at radius 3 is 2.79 bits per heavy atom. The zero-order valence-electron chi connectivity index (χ0n) is 8.20. The Kier molecular flexibility index (Phi) is 2.46.